The van der Waals surface area contributed by atoms with Gasteiger partial charge < -0.3 is 23.5 Å². The summed E-state index contributed by atoms with van der Waals surface area (Å²) < 4.78 is 41.8. The van der Waals surface area contributed by atoms with Gasteiger partial charge in [-0.25, -0.2) is 8.42 Å². The van der Waals surface area contributed by atoms with Crippen LogP contribution in [0, 0.1) is 6.92 Å². The van der Waals surface area contributed by atoms with E-state index < -0.39 is 9.84 Å². The van der Waals surface area contributed by atoms with Crippen LogP contribution in [0.5, 0.6) is 5.75 Å². The van der Waals surface area contributed by atoms with Crippen molar-refractivity contribution in [3.05, 3.63) is 54.1 Å². The van der Waals surface area contributed by atoms with Crippen molar-refractivity contribution < 1.29 is 31.7 Å². The maximum absolute atomic E-state index is 13.1. The van der Waals surface area contributed by atoms with E-state index in [4.69, 9.17) is 13.7 Å². The van der Waals surface area contributed by atoms with Gasteiger partial charge in [0, 0.05) is 44.2 Å². The molecule has 0 aliphatic carbocycles. The second-order valence-electron chi connectivity index (χ2n) is 7.92. The van der Waals surface area contributed by atoms with Crippen molar-refractivity contribution >= 4 is 21.7 Å². The number of carbonyl (C=O) groups is 2. The van der Waals surface area contributed by atoms with E-state index in [0.717, 1.165) is 0 Å². The SMILES string of the molecule is COc1ccc(-c2cc(C)no2)cc1S(=O)(=O)CCC(=O)N1CCN(C(=O)c2ccco2)CC1. The summed E-state index contributed by atoms with van der Waals surface area (Å²) >= 11 is 0. The van der Waals surface area contributed by atoms with Crippen molar-refractivity contribution in [3.8, 4) is 17.1 Å². The van der Waals surface area contributed by atoms with Crippen molar-refractivity contribution in [3.63, 3.8) is 0 Å². The van der Waals surface area contributed by atoms with Crippen molar-refractivity contribution in [2.24, 2.45) is 0 Å². The minimum Gasteiger partial charge on any atom is -0.495 e. The molecule has 3 aromatic rings. The van der Waals surface area contributed by atoms with E-state index in [1.54, 1.807) is 47.1 Å². The lowest BCUT2D eigenvalue weighted by atomic mass is 10.1. The second-order valence-corrected chi connectivity index (χ2v) is 9.99. The zero-order valence-electron chi connectivity index (χ0n) is 18.9. The Morgan fingerprint density at radius 3 is 2.44 bits per heavy atom. The van der Waals surface area contributed by atoms with E-state index in [9.17, 15) is 18.0 Å². The molecule has 0 atom stereocenters. The first-order valence-electron chi connectivity index (χ1n) is 10.7. The van der Waals surface area contributed by atoms with Gasteiger partial charge >= 0.3 is 0 Å². The quantitative estimate of drug-likeness (QED) is 0.498. The number of sulfone groups is 1. The summed E-state index contributed by atoms with van der Waals surface area (Å²) in [6.07, 6.45) is 1.26. The summed E-state index contributed by atoms with van der Waals surface area (Å²) in [6, 6.07) is 9.65. The van der Waals surface area contributed by atoms with Crippen LogP contribution in [-0.2, 0) is 14.6 Å². The lowest BCUT2D eigenvalue weighted by molar-refractivity contribution is -0.132. The highest BCUT2D eigenvalue weighted by Gasteiger charge is 2.28. The minimum atomic E-state index is -3.83. The molecule has 1 saturated heterocycles. The highest BCUT2D eigenvalue weighted by atomic mass is 32.2. The van der Waals surface area contributed by atoms with Crippen molar-refractivity contribution in [1.82, 2.24) is 15.0 Å². The largest absolute Gasteiger partial charge is 0.495 e. The number of aryl methyl sites for hydroxylation is 1. The lowest BCUT2D eigenvalue weighted by Crippen LogP contribution is -2.50. The summed E-state index contributed by atoms with van der Waals surface area (Å²) in [5.74, 6) is 0.00465. The van der Waals surface area contributed by atoms with Gasteiger partial charge in [-0.15, -0.1) is 0 Å². The third kappa shape index (κ3) is 4.98. The molecule has 0 spiro atoms. The summed E-state index contributed by atoms with van der Waals surface area (Å²) in [7, 11) is -2.44. The molecule has 1 aromatic carbocycles. The summed E-state index contributed by atoms with van der Waals surface area (Å²) in [4.78, 5) is 28.3. The number of aromatic nitrogens is 1. The van der Waals surface area contributed by atoms with E-state index in [0.29, 0.717) is 43.2 Å². The highest BCUT2D eigenvalue weighted by Crippen LogP contribution is 2.31. The van der Waals surface area contributed by atoms with Crippen LogP contribution in [-0.4, -0.2) is 74.2 Å². The fraction of sp³-hybridized carbons (Fsp3) is 0.348. The van der Waals surface area contributed by atoms with Crippen molar-refractivity contribution in [1.29, 1.82) is 0 Å². The van der Waals surface area contributed by atoms with Crippen molar-refractivity contribution in [2.75, 3.05) is 39.0 Å². The number of hydrogen-bond donors (Lipinski definition) is 0. The van der Waals surface area contributed by atoms with Crippen LogP contribution in [0.15, 0.2) is 56.5 Å². The number of hydrogen-bond acceptors (Lipinski definition) is 8. The number of rotatable bonds is 7. The fourth-order valence-corrected chi connectivity index (χ4v) is 5.21. The molecule has 2 aromatic heterocycles. The van der Waals surface area contributed by atoms with E-state index in [1.807, 2.05) is 0 Å². The first-order valence-corrected chi connectivity index (χ1v) is 12.4. The predicted octanol–water partition coefficient (Wildman–Crippen LogP) is 2.40. The standard InChI is InChI=1S/C23H25N3O7S/c1-16-14-20(33-24-16)17-5-6-18(31-2)21(15-17)34(29,30)13-7-22(27)25-8-10-26(11-9-25)23(28)19-4-3-12-32-19/h3-6,12,14-15H,7-11,13H2,1-2H3. The Hall–Kier alpha value is -3.60. The molecule has 1 fully saturated rings. The number of ether oxygens (including phenoxy) is 1. The zero-order valence-corrected chi connectivity index (χ0v) is 19.7. The summed E-state index contributed by atoms with van der Waals surface area (Å²) in [5.41, 5.74) is 1.22. The van der Waals surface area contributed by atoms with E-state index >= 15 is 0 Å². The third-order valence-electron chi connectivity index (χ3n) is 5.65. The van der Waals surface area contributed by atoms with Crippen LogP contribution in [0.2, 0.25) is 0 Å². The Bertz CT molecular complexity index is 1270. The van der Waals surface area contributed by atoms with Gasteiger partial charge in [0.15, 0.2) is 21.4 Å². The van der Waals surface area contributed by atoms with Crippen LogP contribution in [0.1, 0.15) is 22.7 Å². The zero-order chi connectivity index (χ0) is 24.3. The van der Waals surface area contributed by atoms with Crippen LogP contribution >= 0.6 is 0 Å². The molecule has 0 radical (unpaired) electrons. The number of nitrogens with zero attached hydrogens (tertiary/aromatic N) is 3. The molecule has 1 aliphatic rings. The Balaban J connectivity index is 1.39. The normalized spacial score (nSPS) is 14.3. The topological polar surface area (TPSA) is 123 Å². The van der Waals surface area contributed by atoms with Gasteiger partial charge in [-0.05, 0) is 37.3 Å². The van der Waals surface area contributed by atoms with Crippen LogP contribution < -0.4 is 4.74 Å². The molecule has 34 heavy (non-hydrogen) atoms. The lowest BCUT2D eigenvalue weighted by Gasteiger charge is -2.34. The van der Waals surface area contributed by atoms with Gasteiger partial charge in [-0.2, -0.15) is 0 Å². The molecule has 4 rings (SSSR count). The van der Waals surface area contributed by atoms with Gasteiger partial charge in [0.05, 0.1) is 24.8 Å². The Morgan fingerprint density at radius 2 is 1.82 bits per heavy atom. The third-order valence-corrected chi connectivity index (χ3v) is 7.38. The molecule has 0 bridgehead atoms. The number of piperazine rings is 1. The van der Waals surface area contributed by atoms with Crippen molar-refractivity contribution in [2.45, 2.75) is 18.2 Å². The van der Waals surface area contributed by atoms with Crippen LogP contribution in [0.4, 0.5) is 0 Å². The number of methoxy groups -OCH3 is 1. The highest BCUT2D eigenvalue weighted by molar-refractivity contribution is 7.91. The first kappa shape index (κ1) is 23.6. The number of benzene rings is 1. The molecule has 10 nitrogen and oxygen atoms in total. The number of carbonyl (C=O) groups excluding carboxylic acids is 2. The average molecular weight is 488 g/mol. The molecule has 2 amide bonds. The van der Waals surface area contributed by atoms with E-state index in [2.05, 4.69) is 5.16 Å². The molecule has 1 aliphatic heterocycles. The van der Waals surface area contributed by atoms with Crippen LogP contribution in [0.3, 0.4) is 0 Å². The monoisotopic (exact) mass is 487 g/mol. The number of amides is 2. The maximum atomic E-state index is 13.1. The maximum Gasteiger partial charge on any atom is 0.289 e. The minimum absolute atomic E-state index is 0.0109. The average Bonchev–Trinajstić information content (AvgIpc) is 3.54. The van der Waals surface area contributed by atoms with Crippen LogP contribution in [0.25, 0.3) is 11.3 Å². The molecule has 11 heteroatoms. The summed E-state index contributed by atoms with van der Waals surface area (Å²) in [5, 5.41) is 3.83. The first-order chi connectivity index (χ1) is 16.3. The molecule has 0 saturated carbocycles. The summed E-state index contributed by atoms with van der Waals surface area (Å²) in [6.45, 7) is 3.13. The Labute approximate surface area is 197 Å². The molecule has 0 unspecified atom stereocenters. The van der Waals surface area contributed by atoms with Gasteiger partial charge in [-0.3, -0.25) is 9.59 Å². The molecular weight excluding hydrogens is 462 g/mol. The second kappa shape index (κ2) is 9.72. The molecular formula is C23H25N3O7S. The van der Waals surface area contributed by atoms with E-state index in [-0.39, 0.29) is 40.4 Å². The Kier molecular flexibility index (Phi) is 6.73. The van der Waals surface area contributed by atoms with Gasteiger partial charge in [0.25, 0.3) is 5.91 Å². The number of furan rings is 1. The molecule has 180 valence electrons. The van der Waals surface area contributed by atoms with E-state index in [1.165, 1.54) is 19.4 Å². The van der Waals surface area contributed by atoms with Gasteiger partial charge in [0.1, 0.15) is 10.6 Å². The van der Waals surface area contributed by atoms with Gasteiger partial charge in [-0.1, -0.05) is 5.16 Å². The fourth-order valence-electron chi connectivity index (χ4n) is 3.78. The smallest absolute Gasteiger partial charge is 0.289 e. The molecule has 3 heterocycles. The molecule has 0 N–H and O–H groups in total. The predicted molar refractivity (Wildman–Crippen MR) is 121 cm³/mol. The Morgan fingerprint density at radius 1 is 1.09 bits per heavy atom. The van der Waals surface area contributed by atoms with Gasteiger partial charge in [0.2, 0.25) is 5.91 Å².